The Kier molecular flexibility index (Phi) is 4.92. The molecule has 4 aromatic rings. The van der Waals surface area contributed by atoms with Gasteiger partial charge in [-0.1, -0.05) is 18.2 Å². The lowest BCUT2D eigenvalue weighted by Gasteiger charge is -2.21. The summed E-state index contributed by atoms with van der Waals surface area (Å²) < 4.78 is 10.1. The Morgan fingerprint density at radius 3 is 2.72 bits per heavy atom. The van der Waals surface area contributed by atoms with E-state index in [1.807, 2.05) is 35.5 Å². The summed E-state index contributed by atoms with van der Waals surface area (Å²) in [6.45, 7) is 2.23. The molecule has 1 saturated heterocycles. The molecule has 0 bridgehead atoms. The molecule has 2 atom stereocenters. The first-order chi connectivity index (χ1) is 14.4. The number of nitrogens with zero attached hydrogens (tertiary/aromatic N) is 5. The average molecular weight is 385 g/mol. The standard InChI is InChI=1S/C23H23N5O/c1-3-19(15-27-11-2-7-26-27)14-20(4-1)23-25-10-12-28(23)22-17-29-16-21(22)13-18-5-8-24-9-6-18/h1-12,14,21-22H,13,15-17H2/t21-,22-/m1/s1. The summed E-state index contributed by atoms with van der Waals surface area (Å²) in [4.78, 5) is 8.81. The van der Waals surface area contributed by atoms with Crippen LogP contribution in [0.2, 0.25) is 0 Å². The van der Waals surface area contributed by atoms with Gasteiger partial charge in [0.25, 0.3) is 0 Å². The van der Waals surface area contributed by atoms with Crippen LogP contribution >= 0.6 is 0 Å². The fraction of sp³-hybridized carbons (Fsp3) is 0.261. The van der Waals surface area contributed by atoms with Crippen molar-refractivity contribution < 1.29 is 4.74 Å². The molecule has 1 fully saturated rings. The normalized spacial score (nSPS) is 18.9. The number of aromatic nitrogens is 5. The van der Waals surface area contributed by atoms with Crippen molar-refractivity contribution >= 4 is 0 Å². The number of benzene rings is 1. The molecule has 0 saturated carbocycles. The van der Waals surface area contributed by atoms with Gasteiger partial charge in [0, 0.05) is 48.7 Å². The van der Waals surface area contributed by atoms with E-state index in [1.165, 1.54) is 11.1 Å². The van der Waals surface area contributed by atoms with Gasteiger partial charge in [-0.05, 0) is 41.8 Å². The highest BCUT2D eigenvalue weighted by Gasteiger charge is 2.31. The van der Waals surface area contributed by atoms with Crippen molar-refractivity contribution in [3.63, 3.8) is 0 Å². The van der Waals surface area contributed by atoms with Gasteiger partial charge in [0.2, 0.25) is 0 Å². The molecule has 5 rings (SSSR count). The summed E-state index contributed by atoms with van der Waals surface area (Å²) in [5.41, 5.74) is 3.62. The Bertz CT molecular complexity index is 1060. The fourth-order valence-corrected chi connectivity index (χ4v) is 4.11. The summed E-state index contributed by atoms with van der Waals surface area (Å²) in [6.07, 6.45) is 12.4. The smallest absolute Gasteiger partial charge is 0.140 e. The zero-order valence-corrected chi connectivity index (χ0v) is 16.1. The Labute approximate surface area is 169 Å². The van der Waals surface area contributed by atoms with Gasteiger partial charge in [0.05, 0.1) is 25.8 Å². The number of rotatable bonds is 6. The molecule has 0 radical (unpaired) electrons. The van der Waals surface area contributed by atoms with Crippen molar-refractivity contribution in [2.45, 2.75) is 19.0 Å². The van der Waals surface area contributed by atoms with Crippen LogP contribution in [0, 0.1) is 5.92 Å². The molecule has 1 aliphatic rings. The monoisotopic (exact) mass is 385 g/mol. The third-order valence-corrected chi connectivity index (χ3v) is 5.53. The van der Waals surface area contributed by atoms with Crippen molar-refractivity contribution in [2.75, 3.05) is 13.2 Å². The maximum Gasteiger partial charge on any atom is 0.140 e. The zero-order valence-electron chi connectivity index (χ0n) is 16.1. The van der Waals surface area contributed by atoms with E-state index in [-0.39, 0.29) is 6.04 Å². The topological polar surface area (TPSA) is 57.8 Å². The van der Waals surface area contributed by atoms with Crippen LogP contribution in [0.1, 0.15) is 17.2 Å². The van der Waals surface area contributed by atoms with Crippen molar-refractivity contribution in [2.24, 2.45) is 5.92 Å². The molecule has 0 N–H and O–H groups in total. The van der Waals surface area contributed by atoms with E-state index in [4.69, 9.17) is 4.74 Å². The lowest BCUT2D eigenvalue weighted by atomic mass is 9.95. The van der Waals surface area contributed by atoms with E-state index in [9.17, 15) is 0 Å². The van der Waals surface area contributed by atoms with Gasteiger partial charge in [0.15, 0.2) is 0 Å². The zero-order chi connectivity index (χ0) is 19.5. The molecule has 0 amide bonds. The highest BCUT2D eigenvalue weighted by Crippen LogP contribution is 2.32. The van der Waals surface area contributed by atoms with Gasteiger partial charge in [-0.2, -0.15) is 5.10 Å². The van der Waals surface area contributed by atoms with Crippen LogP contribution in [0.15, 0.2) is 79.6 Å². The predicted molar refractivity (Wildman–Crippen MR) is 110 cm³/mol. The Morgan fingerprint density at radius 2 is 1.86 bits per heavy atom. The van der Waals surface area contributed by atoms with Gasteiger partial charge in [-0.25, -0.2) is 4.98 Å². The fourth-order valence-electron chi connectivity index (χ4n) is 4.11. The van der Waals surface area contributed by atoms with E-state index in [2.05, 4.69) is 62.2 Å². The van der Waals surface area contributed by atoms with Gasteiger partial charge < -0.3 is 9.30 Å². The Morgan fingerprint density at radius 1 is 0.931 bits per heavy atom. The van der Waals surface area contributed by atoms with Crippen molar-refractivity contribution in [1.82, 2.24) is 24.3 Å². The molecule has 1 aromatic carbocycles. The number of pyridine rings is 1. The number of ether oxygens (including phenoxy) is 1. The van der Waals surface area contributed by atoms with Crippen LogP contribution in [0.4, 0.5) is 0 Å². The SMILES string of the molecule is c1cc(Cn2cccn2)cc(-c2nccn2[C@@H]2COC[C@H]2Cc2ccncc2)c1. The highest BCUT2D eigenvalue weighted by molar-refractivity contribution is 5.57. The number of hydrogen-bond donors (Lipinski definition) is 0. The molecule has 4 heterocycles. The molecular formula is C23H23N5O. The third kappa shape index (κ3) is 3.84. The molecule has 3 aromatic heterocycles. The molecule has 0 aliphatic carbocycles. The first-order valence-corrected chi connectivity index (χ1v) is 9.93. The minimum atomic E-state index is 0.274. The Hall–Kier alpha value is -3.25. The molecule has 6 heteroatoms. The summed E-state index contributed by atoms with van der Waals surface area (Å²) >= 11 is 0. The molecule has 6 nitrogen and oxygen atoms in total. The molecule has 1 aliphatic heterocycles. The number of imidazole rings is 1. The Balaban J connectivity index is 1.40. The van der Waals surface area contributed by atoms with E-state index in [0.717, 1.165) is 31.0 Å². The minimum Gasteiger partial charge on any atom is -0.379 e. The maximum absolute atomic E-state index is 5.87. The highest BCUT2D eigenvalue weighted by atomic mass is 16.5. The summed E-state index contributed by atoms with van der Waals surface area (Å²) in [5, 5.41) is 4.31. The predicted octanol–water partition coefficient (Wildman–Crippen LogP) is 3.62. The largest absolute Gasteiger partial charge is 0.379 e. The quantitative estimate of drug-likeness (QED) is 0.509. The lowest BCUT2D eigenvalue weighted by molar-refractivity contribution is 0.181. The van der Waals surface area contributed by atoms with Gasteiger partial charge in [-0.15, -0.1) is 0 Å². The first kappa shape index (κ1) is 17.8. The van der Waals surface area contributed by atoms with Crippen molar-refractivity contribution in [1.29, 1.82) is 0 Å². The van der Waals surface area contributed by atoms with E-state index in [0.29, 0.717) is 12.5 Å². The lowest BCUT2D eigenvalue weighted by Crippen LogP contribution is -2.20. The second kappa shape index (κ2) is 8.01. The van der Waals surface area contributed by atoms with Crippen LogP contribution in [0.3, 0.4) is 0 Å². The van der Waals surface area contributed by atoms with Crippen LogP contribution in [0.5, 0.6) is 0 Å². The molecule has 29 heavy (non-hydrogen) atoms. The van der Waals surface area contributed by atoms with E-state index >= 15 is 0 Å². The van der Waals surface area contributed by atoms with Gasteiger partial charge in [-0.3, -0.25) is 9.67 Å². The second-order valence-electron chi connectivity index (χ2n) is 7.49. The summed E-state index contributed by atoms with van der Waals surface area (Å²) in [6, 6.07) is 14.9. The van der Waals surface area contributed by atoms with Gasteiger partial charge >= 0.3 is 0 Å². The van der Waals surface area contributed by atoms with Crippen LogP contribution < -0.4 is 0 Å². The van der Waals surface area contributed by atoms with Gasteiger partial charge in [0.1, 0.15) is 5.82 Å². The van der Waals surface area contributed by atoms with E-state index in [1.54, 1.807) is 6.20 Å². The third-order valence-electron chi connectivity index (χ3n) is 5.53. The van der Waals surface area contributed by atoms with Crippen molar-refractivity contribution in [3.8, 4) is 11.4 Å². The van der Waals surface area contributed by atoms with Crippen LogP contribution in [0.25, 0.3) is 11.4 Å². The van der Waals surface area contributed by atoms with E-state index < -0.39 is 0 Å². The molecular weight excluding hydrogens is 362 g/mol. The average Bonchev–Trinajstić information content (AvgIpc) is 3.51. The van der Waals surface area contributed by atoms with Crippen molar-refractivity contribution in [3.05, 3.63) is 90.8 Å². The number of hydrogen-bond acceptors (Lipinski definition) is 4. The first-order valence-electron chi connectivity index (χ1n) is 9.93. The molecule has 0 spiro atoms. The maximum atomic E-state index is 5.87. The summed E-state index contributed by atoms with van der Waals surface area (Å²) in [5.74, 6) is 1.40. The molecule has 0 unspecified atom stereocenters. The van der Waals surface area contributed by atoms with Crippen LogP contribution in [-0.2, 0) is 17.7 Å². The summed E-state index contributed by atoms with van der Waals surface area (Å²) in [7, 11) is 0. The second-order valence-corrected chi connectivity index (χ2v) is 7.49. The minimum absolute atomic E-state index is 0.274. The van der Waals surface area contributed by atoms with Crippen LogP contribution in [-0.4, -0.2) is 37.5 Å². The molecule has 146 valence electrons.